The third-order valence-corrected chi connectivity index (χ3v) is 5.49. The topological polar surface area (TPSA) is 66.9 Å². The second kappa shape index (κ2) is 9.65. The average molecular weight is 446 g/mol. The fourth-order valence-corrected chi connectivity index (χ4v) is 3.66. The molecule has 0 aliphatic carbocycles. The molecular weight excluding hydrogens is 423 g/mol. The van der Waals surface area contributed by atoms with Crippen LogP contribution in [-0.2, 0) is 6.54 Å². The van der Waals surface area contributed by atoms with E-state index < -0.39 is 0 Å². The highest BCUT2D eigenvalue weighted by molar-refractivity contribution is 6.21. The molecule has 4 rings (SSSR count). The molecule has 3 aromatic rings. The van der Waals surface area contributed by atoms with Crippen LogP contribution >= 0.6 is 0 Å². The molecule has 0 atom stereocenters. The van der Waals surface area contributed by atoms with Crippen LogP contribution in [0, 0.1) is 5.82 Å². The van der Waals surface area contributed by atoms with Crippen molar-refractivity contribution in [3.8, 4) is 5.75 Å². The van der Waals surface area contributed by atoms with Crippen molar-refractivity contribution in [3.05, 3.63) is 101 Å². The molecule has 0 saturated heterocycles. The first-order chi connectivity index (χ1) is 15.9. The van der Waals surface area contributed by atoms with Crippen LogP contribution in [0.1, 0.15) is 43.1 Å². The number of ether oxygens (including phenoxy) is 1. The smallest absolute Gasteiger partial charge is 0.261 e. The fourth-order valence-electron chi connectivity index (χ4n) is 3.66. The lowest BCUT2D eigenvalue weighted by Gasteiger charge is -2.18. The summed E-state index contributed by atoms with van der Waals surface area (Å²) in [5.74, 6) is -0.484. The number of carbonyl (C=O) groups excluding carboxylic acids is 3. The normalized spacial score (nSPS) is 12.6. The predicted molar refractivity (Wildman–Crippen MR) is 121 cm³/mol. The Balaban J connectivity index is 1.28. The van der Waals surface area contributed by atoms with E-state index in [2.05, 4.69) is 0 Å². The number of nitrogens with zero attached hydrogens (tertiary/aromatic N) is 2. The zero-order valence-electron chi connectivity index (χ0n) is 18.2. The third-order valence-electron chi connectivity index (χ3n) is 5.49. The standard InChI is InChI=1S/C26H23FN2O4/c1-28(15-4-16-33-21-13-11-20(27)12-14-21)24(30)19-9-7-18(8-10-19)17-29-25(31)22-5-2-3-6-23(22)26(29)32/h2-3,5-14H,4,15-17H2,1H3. The van der Waals surface area contributed by atoms with E-state index in [4.69, 9.17) is 4.74 Å². The van der Waals surface area contributed by atoms with Gasteiger partial charge in [-0.1, -0.05) is 24.3 Å². The molecule has 6 nitrogen and oxygen atoms in total. The Morgan fingerprint density at radius 1 is 0.909 bits per heavy atom. The molecule has 0 saturated carbocycles. The van der Waals surface area contributed by atoms with Gasteiger partial charge in [0, 0.05) is 19.2 Å². The summed E-state index contributed by atoms with van der Waals surface area (Å²) in [5.41, 5.74) is 2.11. The Hall–Kier alpha value is -4.00. The van der Waals surface area contributed by atoms with Gasteiger partial charge in [0.1, 0.15) is 11.6 Å². The van der Waals surface area contributed by atoms with Gasteiger partial charge in [0.05, 0.1) is 24.3 Å². The maximum absolute atomic E-state index is 12.9. The summed E-state index contributed by atoms with van der Waals surface area (Å²) in [5, 5.41) is 0. The molecule has 3 amide bonds. The van der Waals surface area contributed by atoms with Gasteiger partial charge in [0.2, 0.25) is 0 Å². The molecule has 1 aliphatic heterocycles. The summed E-state index contributed by atoms with van der Waals surface area (Å²) >= 11 is 0. The van der Waals surface area contributed by atoms with Crippen molar-refractivity contribution in [1.82, 2.24) is 9.80 Å². The number of hydrogen-bond donors (Lipinski definition) is 0. The van der Waals surface area contributed by atoms with Crippen molar-refractivity contribution in [2.45, 2.75) is 13.0 Å². The Morgan fingerprint density at radius 2 is 1.52 bits per heavy atom. The van der Waals surface area contributed by atoms with Crippen molar-refractivity contribution in [3.63, 3.8) is 0 Å². The van der Waals surface area contributed by atoms with Crippen LogP contribution in [0.5, 0.6) is 5.75 Å². The van der Waals surface area contributed by atoms with Crippen molar-refractivity contribution in [2.24, 2.45) is 0 Å². The first-order valence-electron chi connectivity index (χ1n) is 10.6. The second-order valence-electron chi connectivity index (χ2n) is 7.82. The van der Waals surface area contributed by atoms with E-state index in [0.29, 0.717) is 42.0 Å². The Labute approximate surface area is 191 Å². The van der Waals surface area contributed by atoms with Gasteiger partial charge in [-0.15, -0.1) is 0 Å². The van der Waals surface area contributed by atoms with Crippen molar-refractivity contribution in [2.75, 3.05) is 20.2 Å². The third kappa shape index (κ3) is 4.92. The summed E-state index contributed by atoms with van der Waals surface area (Å²) in [6, 6.07) is 19.5. The predicted octanol–water partition coefficient (Wildman–Crippen LogP) is 4.16. The number of imide groups is 1. The SMILES string of the molecule is CN(CCCOc1ccc(F)cc1)C(=O)c1ccc(CN2C(=O)c3ccccc3C2=O)cc1. The minimum atomic E-state index is -0.317. The molecule has 1 heterocycles. The first-order valence-corrected chi connectivity index (χ1v) is 10.6. The molecule has 0 aromatic heterocycles. The number of hydrogen-bond acceptors (Lipinski definition) is 4. The van der Waals surface area contributed by atoms with E-state index in [1.165, 1.54) is 17.0 Å². The Bertz CT molecular complexity index is 1140. The van der Waals surface area contributed by atoms with Crippen molar-refractivity contribution in [1.29, 1.82) is 0 Å². The van der Waals surface area contributed by atoms with Gasteiger partial charge in [-0.2, -0.15) is 0 Å². The Morgan fingerprint density at radius 3 is 2.12 bits per heavy atom. The van der Waals surface area contributed by atoms with E-state index in [1.54, 1.807) is 72.6 Å². The number of amides is 3. The highest BCUT2D eigenvalue weighted by Gasteiger charge is 2.34. The zero-order valence-corrected chi connectivity index (χ0v) is 18.2. The number of rotatable bonds is 8. The van der Waals surface area contributed by atoms with Gasteiger partial charge >= 0.3 is 0 Å². The monoisotopic (exact) mass is 446 g/mol. The second-order valence-corrected chi connectivity index (χ2v) is 7.82. The lowest BCUT2D eigenvalue weighted by Crippen LogP contribution is -2.29. The van der Waals surface area contributed by atoms with Crippen LogP contribution in [-0.4, -0.2) is 47.7 Å². The molecule has 0 N–H and O–H groups in total. The van der Waals surface area contributed by atoms with E-state index in [9.17, 15) is 18.8 Å². The van der Waals surface area contributed by atoms with E-state index in [0.717, 1.165) is 5.56 Å². The van der Waals surface area contributed by atoms with Gasteiger partial charge in [-0.05, 0) is 60.5 Å². The number of halogens is 1. The average Bonchev–Trinajstić information content (AvgIpc) is 3.08. The molecule has 3 aromatic carbocycles. The Kier molecular flexibility index (Phi) is 6.49. The van der Waals surface area contributed by atoms with Crippen LogP contribution in [0.15, 0.2) is 72.8 Å². The largest absolute Gasteiger partial charge is 0.494 e. The zero-order chi connectivity index (χ0) is 23.4. The molecule has 7 heteroatoms. The van der Waals surface area contributed by atoms with Crippen molar-refractivity contribution >= 4 is 17.7 Å². The molecule has 0 spiro atoms. The van der Waals surface area contributed by atoms with E-state index in [-0.39, 0.29) is 30.1 Å². The minimum Gasteiger partial charge on any atom is -0.494 e. The van der Waals surface area contributed by atoms with Gasteiger partial charge < -0.3 is 9.64 Å². The maximum Gasteiger partial charge on any atom is 0.261 e. The van der Waals surface area contributed by atoms with Gasteiger partial charge in [0.25, 0.3) is 17.7 Å². The number of carbonyl (C=O) groups is 3. The van der Waals surface area contributed by atoms with Gasteiger partial charge in [-0.3, -0.25) is 19.3 Å². The molecular formula is C26H23FN2O4. The number of benzene rings is 3. The maximum atomic E-state index is 12.9. The molecule has 1 aliphatic rings. The van der Waals surface area contributed by atoms with Crippen LogP contribution in [0.2, 0.25) is 0 Å². The van der Waals surface area contributed by atoms with Gasteiger partial charge in [-0.25, -0.2) is 4.39 Å². The molecule has 168 valence electrons. The highest BCUT2D eigenvalue weighted by Crippen LogP contribution is 2.24. The van der Waals surface area contributed by atoms with E-state index >= 15 is 0 Å². The van der Waals surface area contributed by atoms with Crippen molar-refractivity contribution < 1.29 is 23.5 Å². The van der Waals surface area contributed by atoms with E-state index in [1.807, 2.05) is 0 Å². The molecule has 0 unspecified atom stereocenters. The van der Waals surface area contributed by atoms with Crippen LogP contribution < -0.4 is 4.74 Å². The molecule has 33 heavy (non-hydrogen) atoms. The molecule has 0 radical (unpaired) electrons. The summed E-state index contributed by atoms with van der Waals surface area (Å²) in [4.78, 5) is 40.5. The summed E-state index contributed by atoms with van der Waals surface area (Å²) in [7, 11) is 1.72. The van der Waals surface area contributed by atoms with Crippen LogP contribution in [0.4, 0.5) is 4.39 Å². The van der Waals surface area contributed by atoms with Gasteiger partial charge in [0.15, 0.2) is 0 Å². The fraction of sp³-hybridized carbons (Fsp3) is 0.192. The summed E-state index contributed by atoms with van der Waals surface area (Å²) in [6.45, 7) is 1.05. The minimum absolute atomic E-state index is 0.135. The first kappa shape index (κ1) is 22.2. The molecule has 0 fully saturated rings. The summed E-state index contributed by atoms with van der Waals surface area (Å²) in [6.07, 6.45) is 0.622. The van der Waals surface area contributed by atoms with Crippen LogP contribution in [0.25, 0.3) is 0 Å². The quantitative estimate of drug-likeness (QED) is 0.385. The molecule has 0 bridgehead atoms. The lowest BCUT2D eigenvalue weighted by atomic mass is 10.1. The van der Waals surface area contributed by atoms with Crippen LogP contribution in [0.3, 0.4) is 0 Å². The lowest BCUT2D eigenvalue weighted by molar-refractivity contribution is 0.0641. The summed E-state index contributed by atoms with van der Waals surface area (Å²) < 4.78 is 18.5. The highest BCUT2D eigenvalue weighted by atomic mass is 19.1. The number of fused-ring (bicyclic) bond motifs is 1.